The van der Waals surface area contributed by atoms with Gasteiger partial charge in [0.25, 0.3) is 5.91 Å². The van der Waals surface area contributed by atoms with E-state index in [0.717, 1.165) is 16.4 Å². The summed E-state index contributed by atoms with van der Waals surface area (Å²) in [5, 5.41) is 3.77. The van der Waals surface area contributed by atoms with Gasteiger partial charge in [0, 0.05) is 30.6 Å². The van der Waals surface area contributed by atoms with Crippen LogP contribution in [0.2, 0.25) is 0 Å². The largest absolute Gasteiger partial charge is 0.497 e. The predicted octanol–water partition coefficient (Wildman–Crippen LogP) is 4.00. The van der Waals surface area contributed by atoms with Gasteiger partial charge in [-0.3, -0.25) is 4.79 Å². The number of nitrogens with one attached hydrogen (secondary N) is 1. The van der Waals surface area contributed by atoms with Crippen LogP contribution in [0.5, 0.6) is 11.5 Å². The Balaban J connectivity index is 1.80. The number of carbonyl (C=O) groups is 1. The Kier molecular flexibility index (Phi) is 5.81. The van der Waals surface area contributed by atoms with Gasteiger partial charge in [-0.2, -0.15) is 0 Å². The Bertz CT molecular complexity index is 917. The third-order valence-corrected chi connectivity index (χ3v) is 5.24. The van der Waals surface area contributed by atoms with Gasteiger partial charge >= 0.3 is 0 Å². The molecular formula is C20H23N3O3S. The molecule has 0 saturated carbocycles. The molecule has 0 spiro atoms. The molecule has 0 aliphatic rings. The first-order valence-electron chi connectivity index (χ1n) is 8.66. The molecule has 0 aliphatic heterocycles. The van der Waals surface area contributed by atoms with Crippen molar-refractivity contribution in [2.45, 2.75) is 26.3 Å². The van der Waals surface area contributed by atoms with Gasteiger partial charge in [-0.15, -0.1) is 0 Å². The molecule has 7 heteroatoms. The summed E-state index contributed by atoms with van der Waals surface area (Å²) in [6, 6.07) is 9.41. The van der Waals surface area contributed by atoms with Crippen LogP contribution in [-0.2, 0) is 6.54 Å². The van der Waals surface area contributed by atoms with Gasteiger partial charge in [0.15, 0.2) is 5.13 Å². The van der Waals surface area contributed by atoms with Gasteiger partial charge < -0.3 is 19.4 Å². The van der Waals surface area contributed by atoms with E-state index < -0.39 is 0 Å². The van der Waals surface area contributed by atoms with E-state index >= 15 is 0 Å². The number of carbonyl (C=O) groups excluding carboxylic acids is 1. The smallest absolute Gasteiger partial charge is 0.263 e. The molecule has 1 aromatic carbocycles. The average Bonchev–Trinajstić information content (AvgIpc) is 3.35. The molecule has 6 nitrogen and oxygen atoms in total. The highest BCUT2D eigenvalue weighted by Crippen LogP contribution is 2.28. The monoisotopic (exact) mass is 385 g/mol. The minimum atomic E-state index is -0.132. The maximum absolute atomic E-state index is 12.8. The number of aromatic nitrogens is 2. The normalized spacial score (nSPS) is 10.9. The molecule has 2 heterocycles. The second-order valence-corrected chi connectivity index (χ2v) is 7.29. The molecule has 1 N–H and O–H groups in total. The molecule has 27 heavy (non-hydrogen) atoms. The number of nitrogens with zero attached hydrogens (tertiary/aromatic N) is 2. The fourth-order valence-corrected chi connectivity index (χ4v) is 3.80. The van der Waals surface area contributed by atoms with Crippen molar-refractivity contribution in [2.24, 2.45) is 0 Å². The quantitative estimate of drug-likeness (QED) is 0.667. The van der Waals surface area contributed by atoms with Crippen molar-refractivity contribution in [3.8, 4) is 16.6 Å². The van der Waals surface area contributed by atoms with Gasteiger partial charge in [-0.1, -0.05) is 25.2 Å². The molecule has 0 aliphatic carbocycles. The number of amides is 1. The third-order valence-electron chi connectivity index (χ3n) is 4.15. The first-order valence-corrected chi connectivity index (χ1v) is 9.48. The van der Waals surface area contributed by atoms with E-state index in [1.54, 1.807) is 20.3 Å². The Morgan fingerprint density at radius 3 is 2.59 bits per heavy atom. The van der Waals surface area contributed by atoms with Crippen molar-refractivity contribution in [2.75, 3.05) is 14.2 Å². The van der Waals surface area contributed by atoms with E-state index in [0.29, 0.717) is 22.9 Å². The van der Waals surface area contributed by atoms with Crippen molar-refractivity contribution < 1.29 is 14.3 Å². The van der Waals surface area contributed by atoms with Crippen LogP contribution < -0.4 is 14.8 Å². The highest BCUT2D eigenvalue weighted by molar-refractivity contribution is 7.16. The Morgan fingerprint density at radius 1 is 1.22 bits per heavy atom. The zero-order chi connectivity index (χ0) is 19.4. The Labute approximate surface area is 162 Å². The highest BCUT2D eigenvalue weighted by Gasteiger charge is 2.21. The van der Waals surface area contributed by atoms with Crippen LogP contribution in [-0.4, -0.2) is 29.7 Å². The van der Waals surface area contributed by atoms with Gasteiger partial charge in [0.2, 0.25) is 0 Å². The standard InChI is InChI=1S/C20H23N3O3S/c1-13(2)17-18(27-20(22-17)23-9-5-6-10-23)19(24)21-12-14-7-8-15(25-3)11-16(14)26-4/h5-11,13H,12H2,1-4H3,(H,21,24). The molecular weight excluding hydrogens is 362 g/mol. The number of thiazole rings is 1. The molecule has 2 aromatic heterocycles. The molecule has 142 valence electrons. The van der Waals surface area contributed by atoms with Gasteiger partial charge in [0.1, 0.15) is 16.4 Å². The predicted molar refractivity (Wildman–Crippen MR) is 106 cm³/mol. The fourth-order valence-electron chi connectivity index (χ4n) is 2.70. The number of methoxy groups -OCH3 is 2. The topological polar surface area (TPSA) is 65.4 Å². The molecule has 0 atom stereocenters. The lowest BCUT2D eigenvalue weighted by molar-refractivity contribution is 0.0953. The maximum atomic E-state index is 12.8. The summed E-state index contributed by atoms with van der Waals surface area (Å²) < 4.78 is 12.5. The summed E-state index contributed by atoms with van der Waals surface area (Å²) in [6.07, 6.45) is 3.85. The van der Waals surface area contributed by atoms with Gasteiger partial charge in [-0.05, 0) is 30.2 Å². The SMILES string of the molecule is COc1ccc(CNC(=O)c2sc(-n3cccc3)nc2C(C)C)c(OC)c1. The summed E-state index contributed by atoms with van der Waals surface area (Å²) in [5.74, 6) is 1.41. The summed E-state index contributed by atoms with van der Waals surface area (Å²) in [7, 11) is 3.21. The minimum absolute atomic E-state index is 0.132. The lowest BCUT2D eigenvalue weighted by Crippen LogP contribution is -2.23. The lowest BCUT2D eigenvalue weighted by atomic mass is 10.1. The molecule has 0 bridgehead atoms. The van der Waals surface area contributed by atoms with Crippen LogP contribution in [0, 0.1) is 0 Å². The lowest BCUT2D eigenvalue weighted by Gasteiger charge is -2.11. The van der Waals surface area contributed by atoms with Crippen molar-refractivity contribution in [1.29, 1.82) is 0 Å². The summed E-state index contributed by atoms with van der Waals surface area (Å²) >= 11 is 1.39. The van der Waals surface area contributed by atoms with Crippen LogP contribution in [0.1, 0.15) is 40.7 Å². The van der Waals surface area contributed by atoms with Crippen LogP contribution in [0.3, 0.4) is 0 Å². The number of hydrogen-bond donors (Lipinski definition) is 1. The van der Waals surface area contributed by atoms with E-state index in [9.17, 15) is 4.79 Å². The Morgan fingerprint density at radius 2 is 1.96 bits per heavy atom. The van der Waals surface area contributed by atoms with Crippen LogP contribution in [0.25, 0.3) is 5.13 Å². The van der Waals surface area contributed by atoms with Crippen molar-refractivity contribution in [1.82, 2.24) is 14.9 Å². The Hall–Kier alpha value is -2.80. The maximum Gasteiger partial charge on any atom is 0.263 e. The van der Waals surface area contributed by atoms with E-state index in [4.69, 9.17) is 9.47 Å². The first-order chi connectivity index (χ1) is 13.0. The van der Waals surface area contributed by atoms with Crippen LogP contribution in [0.15, 0.2) is 42.7 Å². The molecule has 1 amide bonds. The first kappa shape index (κ1) is 19.0. The van der Waals surface area contributed by atoms with Crippen LogP contribution in [0.4, 0.5) is 0 Å². The summed E-state index contributed by atoms with van der Waals surface area (Å²) in [4.78, 5) is 18.1. The van der Waals surface area contributed by atoms with Crippen LogP contribution >= 0.6 is 11.3 Å². The number of ether oxygens (including phenoxy) is 2. The second kappa shape index (κ2) is 8.26. The number of benzene rings is 1. The third kappa shape index (κ3) is 4.14. The number of hydrogen-bond acceptors (Lipinski definition) is 5. The van der Waals surface area contributed by atoms with E-state index in [1.165, 1.54) is 11.3 Å². The minimum Gasteiger partial charge on any atom is -0.497 e. The van der Waals surface area contributed by atoms with Crippen molar-refractivity contribution in [3.05, 3.63) is 58.9 Å². The van der Waals surface area contributed by atoms with E-state index in [-0.39, 0.29) is 11.8 Å². The fraction of sp³-hybridized carbons (Fsp3) is 0.300. The zero-order valence-electron chi connectivity index (χ0n) is 15.9. The van der Waals surface area contributed by atoms with E-state index in [1.807, 2.05) is 55.1 Å². The zero-order valence-corrected chi connectivity index (χ0v) is 16.7. The molecule has 0 saturated heterocycles. The highest BCUT2D eigenvalue weighted by atomic mass is 32.1. The molecule has 0 radical (unpaired) electrons. The van der Waals surface area contributed by atoms with Crippen molar-refractivity contribution >= 4 is 17.2 Å². The van der Waals surface area contributed by atoms with Crippen molar-refractivity contribution in [3.63, 3.8) is 0 Å². The molecule has 0 unspecified atom stereocenters. The second-order valence-electron chi connectivity index (χ2n) is 6.32. The summed E-state index contributed by atoms with van der Waals surface area (Å²) in [6.45, 7) is 4.44. The van der Waals surface area contributed by atoms with Gasteiger partial charge in [0.05, 0.1) is 19.9 Å². The molecule has 3 aromatic rings. The van der Waals surface area contributed by atoms with E-state index in [2.05, 4.69) is 10.3 Å². The van der Waals surface area contributed by atoms with Gasteiger partial charge in [-0.25, -0.2) is 4.98 Å². The average molecular weight is 385 g/mol. The molecule has 0 fully saturated rings. The molecule has 3 rings (SSSR count). The summed E-state index contributed by atoms with van der Waals surface area (Å²) in [5.41, 5.74) is 1.69. The number of rotatable bonds is 7.